The Kier molecular flexibility index (Phi) is 6.43. The van der Waals surface area contributed by atoms with Gasteiger partial charge in [-0.3, -0.25) is 9.59 Å². The molecule has 6 heteroatoms. The number of carbonyl (C=O) groups excluding carboxylic acids is 2. The van der Waals surface area contributed by atoms with Crippen molar-refractivity contribution in [1.29, 1.82) is 0 Å². The first kappa shape index (κ1) is 15.2. The Bertz CT molecular complexity index is 293. The standard InChI is InChI=1S/C12H21N3O2.ClH/c16-11(9-4-3-6-13-8-9)15-10-5-1-2-7-14-12(10)17;/h9-10,13H,1-8H2,(H,14,17)(H,15,16);1H/t9-,10?;/m1./s1. The van der Waals surface area contributed by atoms with E-state index in [4.69, 9.17) is 0 Å². The van der Waals surface area contributed by atoms with Crippen molar-refractivity contribution < 1.29 is 9.59 Å². The van der Waals surface area contributed by atoms with Crippen LogP contribution in [0.5, 0.6) is 0 Å². The SMILES string of the molecule is Cl.O=C1NCCCCC1NC(=O)[C@@H]1CCCNC1. The highest BCUT2D eigenvalue weighted by atomic mass is 35.5. The first-order chi connectivity index (χ1) is 8.27. The van der Waals surface area contributed by atoms with Crippen molar-refractivity contribution in [3.8, 4) is 0 Å². The first-order valence-electron chi connectivity index (χ1n) is 6.56. The van der Waals surface area contributed by atoms with Gasteiger partial charge < -0.3 is 16.0 Å². The van der Waals surface area contributed by atoms with E-state index < -0.39 is 0 Å². The molecule has 0 bridgehead atoms. The molecule has 0 aromatic heterocycles. The normalized spacial score (nSPS) is 28.6. The molecule has 104 valence electrons. The van der Waals surface area contributed by atoms with Crippen molar-refractivity contribution in [3.63, 3.8) is 0 Å². The van der Waals surface area contributed by atoms with Crippen molar-refractivity contribution in [2.45, 2.75) is 38.1 Å². The van der Waals surface area contributed by atoms with Crippen LogP contribution in [0.15, 0.2) is 0 Å². The Labute approximate surface area is 114 Å². The molecule has 18 heavy (non-hydrogen) atoms. The molecule has 0 spiro atoms. The van der Waals surface area contributed by atoms with E-state index in [1.54, 1.807) is 0 Å². The second-order valence-electron chi connectivity index (χ2n) is 4.89. The zero-order valence-electron chi connectivity index (χ0n) is 10.5. The van der Waals surface area contributed by atoms with E-state index in [-0.39, 0.29) is 36.2 Å². The summed E-state index contributed by atoms with van der Waals surface area (Å²) in [6.07, 6.45) is 4.72. The summed E-state index contributed by atoms with van der Waals surface area (Å²) in [5.74, 6) is 0.0265. The van der Waals surface area contributed by atoms with Gasteiger partial charge in [-0.25, -0.2) is 0 Å². The quantitative estimate of drug-likeness (QED) is 0.674. The summed E-state index contributed by atoms with van der Waals surface area (Å²) in [6, 6.07) is -0.327. The van der Waals surface area contributed by atoms with E-state index in [0.717, 1.165) is 51.7 Å². The van der Waals surface area contributed by atoms with Gasteiger partial charge in [0.1, 0.15) is 6.04 Å². The van der Waals surface area contributed by atoms with Gasteiger partial charge in [0.2, 0.25) is 11.8 Å². The molecule has 0 aliphatic carbocycles. The average molecular weight is 276 g/mol. The van der Waals surface area contributed by atoms with Crippen molar-refractivity contribution in [1.82, 2.24) is 16.0 Å². The highest BCUT2D eigenvalue weighted by Crippen LogP contribution is 2.12. The Hall–Kier alpha value is -0.810. The molecular formula is C12H22ClN3O2. The van der Waals surface area contributed by atoms with Crippen LogP contribution in [0.1, 0.15) is 32.1 Å². The Morgan fingerprint density at radius 1 is 1.17 bits per heavy atom. The van der Waals surface area contributed by atoms with E-state index >= 15 is 0 Å². The van der Waals surface area contributed by atoms with E-state index in [1.165, 1.54) is 0 Å². The Morgan fingerprint density at radius 3 is 2.72 bits per heavy atom. The first-order valence-corrected chi connectivity index (χ1v) is 6.56. The summed E-state index contributed by atoms with van der Waals surface area (Å²) in [5.41, 5.74) is 0. The molecular weight excluding hydrogens is 254 g/mol. The molecule has 0 radical (unpaired) electrons. The largest absolute Gasteiger partial charge is 0.354 e. The smallest absolute Gasteiger partial charge is 0.242 e. The minimum absolute atomic E-state index is 0. The van der Waals surface area contributed by atoms with Crippen LogP contribution < -0.4 is 16.0 Å². The summed E-state index contributed by atoms with van der Waals surface area (Å²) >= 11 is 0. The van der Waals surface area contributed by atoms with Gasteiger partial charge in [-0.15, -0.1) is 12.4 Å². The van der Waals surface area contributed by atoms with Crippen LogP contribution in [0, 0.1) is 5.92 Å². The fourth-order valence-electron chi connectivity index (χ4n) is 2.44. The second kappa shape index (κ2) is 7.59. The topological polar surface area (TPSA) is 70.2 Å². The van der Waals surface area contributed by atoms with Crippen LogP contribution in [0.25, 0.3) is 0 Å². The summed E-state index contributed by atoms with van der Waals surface area (Å²) in [6.45, 7) is 2.46. The Morgan fingerprint density at radius 2 is 2.00 bits per heavy atom. The third-order valence-electron chi connectivity index (χ3n) is 3.52. The van der Waals surface area contributed by atoms with Gasteiger partial charge in [0.25, 0.3) is 0 Å². The summed E-state index contributed by atoms with van der Waals surface area (Å²) in [7, 11) is 0. The van der Waals surface area contributed by atoms with Crippen LogP contribution in [-0.2, 0) is 9.59 Å². The van der Waals surface area contributed by atoms with Crippen molar-refractivity contribution in [2.75, 3.05) is 19.6 Å². The maximum Gasteiger partial charge on any atom is 0.242 e. The van der Waals surface area contributed by atoms with Gasteiger partial charge in [0.05, 0.1) is 5.92 Å². The van der Waals surface area contributed by atoms with E-state index in [9.17, 15) is 9.59 Å². The minimum atomic E-state index is -0.327. The second-order valence-corrected chi connectivity index (χ2v) is 4.89. The van der Waals surface area contributed by atoms with E-state index in [1.807, 2.05) is 0 Å². The lowest BCUT2D eigenvalue weighted by Crippen LogP contribution is -2.49. The molecule has 2 rings (SSSR count). The van der Waals surface area contributed by atoms with Crippen molar-refractivity contribution >= 4 is 24.2 Å². The lowest BCUT2D eigenvalue weighted by atomic mass is 9.98. The van der Waals surface area contributed by atoms with Gasteiger partial charge >= 0.3 is 0 Å². The van der Waals surface area contributed by atoms with E-state index in [2.05, 4.69) is 16.0 Å². The van der Waals surface area contributed by atoms with Crippen molar-refractivity contribution in [3.05, 3.63) is 0 Å². The number of amides is 2. The maximum atomic E-state index is 12.0. The number of nitrogens with one attached hydrogen (secondary N) is 3. The molecule has 0 aromatic rings. The van der Waals surface area contributed by atoms with Gasteiger partial charge in [-0.1, -0.05) is 0 Å². The number of halogens is 1. The molecule has 2 fully saturated rings. The van der Waals surface area contributed by atoms with E-state index in [0.29, 0.717) is 0 Å². The van der Waals surface area contributed by atoms with Crippen LogP contribution in [0.3, 0.4) is 0 Å². The highest BCUT2D eigenvalue weighted by molar-refractivity contribution is 5.88. The third kappa shape index (κ3) is 4.14. The molecule has 2 amide bonds. The van der Waals surface area contributed by atoms with Gasteiger partial charge in [-0.05, 0) is 38.6 Å². The molecule has 2 saturated heterocycles. The molecule has 2 aliphatic heterocycles. The average Bonchev–Trinajstić information content (AvgIpc) is 2.56. The van der Waals surface area contributed by atoms with Gasteiger partial charge in [-0.2, -0.15) is 0 Å². The summed E-state index contributed by atoms with van der Waals surface area (Å²) < 4.78 is 0. The zero-order chi connectivity index (χ0) is 12.1. The monoisotopic (exact) mass is 275 g/mol. The van der Waals surface area contributed by atoms with Crippen LogP contribution in [0.4, 0.5) is 0 Å². The molecule has 3 N–H and O–H groups in total. The fraction of sp³-hybridized carbons (Fsp3) is 0.833. The fourth-order valence-corrected chi connectivity index (χ4v) is 2.44. The third-order valence-corrected chi connectivity index (χ3v) is 3.52. The highest BCUT2D eigenvalue weighted by Gasteiger charge is 2.27. The predicted molar refractivity (Wildman–Crippen MR) is 71.6 cm³/mol. The predicted octanol–water partition coefficient (Wildman–Crippen LogP) is 0.193. The van der Waals surface area contributed by atoms with Crippen LogP contribution in [0.2, 0.25) is 0 Å². The van der Waals surface area contributed by atoms with Gasteiger partial charge in [0, 0.05) is 13.1 Å². The lowest BCUT2D eigenvalue weighted by molar-refractivity contribution is -0.131. The molecule has 0 saturated carbocycles. The van der Waals surface area contributed by atoms with Crippen molar-refractivity contribution in [2.24, 2.45) is 5.92 Å². The number of carbonyl (C=O) groups is 2. The molecule has 2 heterocycles. The number of hydrogen-bond donors (Lipinski definition) is 3. The molecule has 0 aromatic carbocycles. The molecule has 5 nitrogen and oxygen atoms in total. The number of rotatable bonds is 2. The maximum absolute atomic E-state index is 12.0. The lowest BCUT2D eigenvalue weighted by Gasteiger charge is -2.24. The summed E-state index contributed by atoms with van der Waals surface area (Å²) in [5, 5.41) is 8.94. The van der Waals surface area contributed by atoms with Crippen LogP contribution in [-0.4, -0.2) is 37.5 Å². The minimum Gasteiger partial charge on any atom is -0.354 e. The zero-order valence-corrected chi connectivity index (χ0v) is 11.4. The number of piperidine rings is 1. The number of hydrogen-bond acceptors (Lipinski definition) is 3. The molecule has 1 unspecified atom stereocenters. The van der Waals surface area contributed by atoms with Crippen LogP contribution >= 0.6 is 12.4 Å². The van der Waals surface area contributed by atoms with Gasteiger partial charge in [0.15, 0.2) is 0 Å². The summed E-state index contributed by atoms with van der Waals surface area (Å²) in [4.78, 5) is 23.7. The molecule has 2 aliphatic rings. The Balaban J connectivity index is 0.00000162. The molecule has 2 atom stereocenters.